The van der Waals surface area contributed by atoms with Gasteiger partial charge in [-0.2, -0.15) is 0 Å². The molecule has 1 aromatic carbocycles. The molecule has 6 nitrogen and oxygen atoms in total. The maximum atomic E-state index is 12.8. The molecule has 29 heavy (non-hydrogen) atoms. The van der Waals surface area contributed by atoms with Gasteiger partial charge in [0.25, 0.3) is 5.91 Å². The highest BCUT2D eigenvalue weighted by atomic mass is 16.2. The molecule has 2 aliphatic rings. The molecule has 0 bridgehead atoms. The summed E-state index contributed by atoms with van der Waals surface area (Å²) in [5.74, 6) is 0.294. The number of nitrogens with two attached hydrogens (primary N) is 1. The number of nitrogen functional groups attached to an aromatic ring is 1. The van der Waals surface area contributed by atoms with Crippen LogP contribution in [0, 0.1) is 5.92 Å². The number of carbonyl (C=O) groups is 2. The van der Waals surface area contributed by atoms with Crippen LogP contribution in [0.1, 0.15) is 66.2 Å². The van der Waals surface area contributed by atoms with Crippen LogP contribution in [0.2, 0.25) is 0 Å². The molecule has 2 amide bonds. The van der Waals surface area contributed by atoms with Gasteiger partial charge in [-0.25, -0.2) is 4.98 Å². The lowest BCUT2D eigenvalue weighted by molar-refractivity contribution is -0.126. The van der Waals surface area contributed by atoms with Gasteiger partial charge in [0.1, 0.15) is 11.5 Å². The fraction of sp³-hybridized carbons (Fsp3) is 0.435. The number of nitrogens with one attached hydrogen (secondary N) is 2. The topological polar surface area (TPSA) is 97.1 Å². The van der Waals surface area contributed by atoms with Crippen molar-refractivity contribution in [2.45, 2.75) is 57.0 Å². The number of nitrogens with zero attached hydrogens (tertiary/aromatic N) is 1. The zero-order valence-electron chi connectivity index (χ0n) is 16.6. The number of carbonyl (C=O) groups excluding carboxylic acids is 2. The number of amides is 2. The summed E-state index contributed by atoms with van der Waals surface area (Å²) in [7, 11) is 0. The first-order chi connectivity index (χ1) is 14.1. The molecule has 0 radical (unpaired) electrons. The van der Waals surface area contributed by atoms with Gasteiger partial charge in [-0.3, -0.25) is 9.59 Å². The van der Waals surface area contributed by atoms with Crippen LogP contribution in [0.15, 0.2) is 42.5 Å². The molecule has 1 saturated carbocycles. The van der Waals surface area contributed by atoms with E-state index in [2.05, 4.69) is 33.8 Å². The third-order valence-electron chi connectivity index (χ3n) is 6.12. The summed E-state index contributed by atoms with van der Waals surface area (Å²) < 4.78 is 0. The van der Waals surface area contributed by atoms with Crippen molar-refractivity contribution in [3.05, 3.63) is 59.3 Å². The summed E-state index contributed by atoms with van der Waals surface area (Å²) in [5.41, 5.74) is 8.61. The van der Waals surface area contributed by atoms with Gasteiger partial charge in [0.15, 0.2) is 0 Å². The Bertz CT molecular complexity index is 890. The van der Waals surface area contributed by atoms with Crippen molar-refractivity contribution in [1.29, 1.82) is 0 Å². The Morgan fingerprint density at radius 1 is 0.931 bits per heavy atom. The van der Waals surface area contributed by atoms with E-state index in [9.17, 15) is 9.59 Å². The van der Waals surface area contributed by atoms with Crippen molar-refractivity contribution < 1.29 is 9.59 Å². The predicted octanol–water partition coefficient (Wildman–Crippen LogP) is 3.15. The maximum Gasteiger partial charge on any atom is 0.270 e. The molecule has 1 aromatic heterocycles. The average molecular weight is 393 g/mol. The van der Waals surface area contributed by atoms with Gasteiger partial charge in [0.05, 0.1) is 6.04 Å². The molecule has 0 saturated heterocycles. The Labute approximate surface area is 171 Å². The van der Waals surface area contributed by atoms with Crippen LogP contribution in [-0.2, 0) is 11.2 Å². The maximum absolute atomic E-state index is 12.8. The normalized spacial score (nSPS) is 23.7. The first-order valence-electron chi connectivity index (χ1n) is 10.5. The Morgan fingerprint density at radius 3 is 2.52 bits per heavy atom. The molecule has 6 heteroatoms. The van der Waals surface area contributed by atoms with Crippen LogP contribution in [-0.4, -0.2) is 22.8 Å². The Kier molecular flexibility index (Phi) is 5.79. The quantitative estimate of drug-likeness (QED) is 0.745. The molecule has 1 heterocycles. The number of anilines is 1. The second-order valence-electron chi connectivity index (χ2n) is 8.12. The van der Waals surface area contributed by atoms with Crippen LogP contribution in [0.25, 0.3) is 0 Å². The second-order valence-corrected chi connectivity index (χ2v) is 8.12. The molecule has 2 aromatic rings. The molecule has 0 spiro atoms. The van der Waals surface area contributed by atoms with Gasteiger partial charge in [0.2, 0.25) is 5.91 Å². The number of rotatable bonds is 4. The van der Waals surface area contributed by atoms with E-state index in [0.29, 0.717) is 11.5 Å². The van der Waals surface area contributed by atoms with Crippen molar-refractivity contribution in [3.8, 4) is 0 Å². The van der Waals surface area contributed by atoms with Gasteiger partial charge in [-0.1, -0.05) is 30.3 Å². The molecule has 0 aliphatic heterocycles. The highest BCUT2D eigenvalue weighted by Crippen LogP contribution is 2.31. The predicted molar refractivity (Wildman–Crippen MR) is 112 cm³/mol. The SMILES string of the molecule is Nc1cccc(C(=O)NC2CCC(C(=O)NC3CCCc4ccccc43)CC2)n1. The highest BCUT2D eigenvalue weighted by molar-refractivity contribution is 5.92. The molecule has 1 fully saturated rings. The monoisotopic (exact) mass is 392 g/mol. The number of pyridine rings is 1. The Balaban J connectivity index is 1.29. The molecule has 2 aliphatic carbocycles. The number of aryl methyl sites for hydroxylation is 1. The van der Waals surface area contributed by atoms with E-state index in [1.807, 2.05) is 6.07 Å². The van der Waals surface area contributed by atoms with E-state index in [0.717, 1.165) is 44.9 Å². The van der Waals surface area contributed by atoms with Crippen molar-refractivity contribution in [3.63, 3.8) is 0 Å². The van der Waals surface area contributed by atoms with E-state index in [4.69, 9.17) is 5.73 Å². The summed E-state index contributed by atoms with van der Waals surface area (Å²) in [6.07, 6.45) is 6.38. The van der Waals surface area contributed by atoms with Gasteiger partial charge >= 0.3 is 0 Å². The third-order valence-corrected chi connectivity index (χ3v) is 6.12. The molecular weight excluding hydrogens is 364 g/mol. The largest absolute Gasteiger partial charge is 0.384 e. The third kappa shape index (κ3) is 4.58. The molecular formula is C23H28N4O2. The fourth-order valence-corrected chi connectivity index (χ4v) is 4.53. The minimum absolute atomic E-state index is 0.0164. The van der Waals surface area contributed by atoms with E-state index in [-0.39, 0.29) is 29.8 Å². The number of hydrogen-bond acceptors (Lipinski definition) is 4. The highest BCUT2D eigenvalue weighted by Gasteiger charge is 2.30. The minimum Gasteiger partial charge on any atom is -0.384 e. The summed E-state index contributed by atoms with van der Waals surface area (Å²) in [5, 5.41) is 6.31. The lowest BCUT2D eigenvalue weighted by Crippen LogP contribution is -2.42. The number of hydrogen-bond donors (Lipinski definition) is 3. The van der Waals surface area contributed by atoms with Gasteiger partial charge < -0.3 is 16.4 Å². The lowest BCUT2D eigenvalue weighted by atomic mass is 9.84. The Hall–Kier alpha value is -2.89. The zero-order chi connectivity index (χ0) is 20.2. The second kappa shape index (κ2) is 8.64. The van der Waals surface area contributed by atoms with Gasteiger partial charge in [-0.15, -0.1) is 0 Å². The smallest absolute Gasteiger partial charge is 0.270 e. The average Bonchev–Trinajstić information content (AvgIpc) is 2.74. The molecule has 1 atom stereocenters. The fourth-order valence-electron chi connectivity index (χ4n) is 4.53. The summed E-state index contributed by atoms with van der Waals surface area (Å²) >= 11 is 0. The number of benzene rings is 1. The lowest BCUT2D eigenvalue weighted by Gasteiger charge is -2.31. The van der Waals surface area contributed by atoms with Gasteiger partial charge in [0, 0.05) is 12.0 Å². The minimum atomic E-state index is -0.205. The van der Waals surface area contributed by atoms with E-state index >= 15 is 0 Å². The van der Waals surface area contributed by atoms with Crippen LogP contribution in [0.4, 0.5) is 5.82 Å². The molecule has 4 N–H and O–H groups in total. The summed E-state index contributed by atoms with van der Waals surface area (Å²) in [6.45, 7) is 0. The molecule has 1 unspecified atom stereocenters. The van der Waals surface area contributed by atoms with Crippen LogP contribution in [0.5, 0.6) is 0 Å². The standard InChI is InChI=1S/C23H28N4O2/c24-21-10-4-9-20(26-21)23(29)25-17-13-11-16(12-14-17)22(28)27-19-8-3-6-15-5-1-2-7-18(15)19/h1-2,4-5,7,9-10,16-17,19H,3,6,8,11-14H2,(H2,24,26)(H,25,29)(H,27,28). The van der Waals surface area contributed by atoms with Crippen molar-refractivity contribution >= 4 is 17.6 Å². The summed E-state index contributed by atoms with van der Waals surface area (Å²) in [4.78, 5) is 29.3. The van der Waals surface area contributed by atoms with Crippen LogP contribution >= 0.6 is 0 Å². The first kappa shape index (κ1) is 19.4. The van der Waals surface area contributed by atoms with E-state index in [1.54, 1.807) is 18.2 Å². The number of fused-ring (bicyclic) bond motifs is 1. The van der Waals surface area contributed by atoms with Gasteiger partial charge in [-0.05, 0) is 68.2 Å². The van der Waals surface area contributed by atoms with E-state index in [1.165, 1.54) is 11.1 Å². The van der Waals surface area contributed by atoms with Crippen LogP contribution < -0.4 is 16.4 Å². The van der Waals surface area contributed by atoms with Crippen molar-refractivity contribution in [1.82, 2.24) is 15.6 Å². The van der Waals surface area contributed by atoms with E-state index < -0.39 is 0 Å². The van der Waals surface area contributed by atoms with Crippen molar-refractivity contribution in [2.24, 2.45) is 5.92 Å². The zero-order valence-corrected chi connectivity index (χ0v) is 16.6. The summed E-state index contributed by atoms with van der Waals surface area (Å²) in [6, 6.07) is 13.7. The first-order valence-corrected chi connectivity index (χ1v) is 10.5. The number of aromatic nitrogens is 1. The molecule has 4 rings (SSSR count). The Morgan fingerprint density at radius 2 is 1.72 bits per heavy atom. The van der Waals surface area contributed by atoms with Crippen molar-refractivity contribution in [2.75, 3.05) is 5.73 Å². The van der Waals surface area contributed by atoms with Crippen LogP contribution in [0.3, 0.4) is 0 Å². The molecule has 152 valence electrons.